The zero-order valence-electron chi connectivity index (χ0n) is 10.8. The second-order valence-electron chi connectivity index (χ2n) is 4.64. The second-order valence-corrected chi connectivity index (χ2v) is 4.64. The molecule has 0 bridgehead atoms. The van der Waals surface area contributed by atoms with Crippen LogP contribution in [0.5, 0.6) is 0 Å². The van der Waals surface area contributed by atoms with E-state index in [-0.39, 0.29) is 24.0 Å². The van der Waals surface area contributed by atoms with Gasteiger partial charge in [0.1, 0.15) is 12.1 Å². The zero-order valence-corrected chi connectivity index (χ0v) is 10.8. The average molecular weight is 253 g/mol. The molecule has 2 aliphatic rings. The lowest BCUT2D eigenvalue weighted by molar-refractivity contribution is -0.152. The van der Waals surface area contributed by atoms with Crippen molar-refractivity contribution in [2.75, 3.05) is 20.7 Å². The van der Waals surface area contributed by atoms with Crippen molar-refractivity contribution in [1.82, 2.24) is 10.2 Å². The van der Waals surface area contributed by atoms with Crippen molar-refractivity contribution in [3.05, 3.63) is 0 Å². The zero-order chi connectivity index (χ0) is 13.1. The Morgan fingerprint density at radius 2 is 2.33 bits per heavy atom. The number of rotatable bonds is 2. The lowest BCUT2D eigenvalue weighted by Gasteiger charge is -2.32. The van der Waals surface area contributed by atoms with Gasteiger partial charge in [0.2, 0.25) is 5.91 Å². The van der Waals surface area contributed by atoms with Crippen LogP contribution in [-0.4, -0.2) is 61.8 Å². The van der Waals surface area contributed by atoms with E-state index in [1.165, 1.54) is 7.11 Å². The predicted molar refractivity (Wildman–Crippen MR) is 66.5 cm³/mol. The molecule has 0 aromatic heterocycles. The van der Waals surface area contributed by atoms with E-state index in [4.69, 9.17) is 4.74 Å². The maximum Gasteiger partial charge on any atom is 0.328 e. The fraction of sp³-hybridized carbons (Fsp3) is 0.750. The first kappa shape index (κ1) is 13.0. The van der Waals surface area contributed by atoms with Crippen LogP contribution in [0.25, 0.3) is 0 Å². The summed E-state index contributed by atoms with van der Waals surface area (Å²) < 4.78 is 4.79. The van der Waals surface area contributed by atoms with Crippen LogP contribution in [0.2, 0.25) is 0 Å². The van der Waals surface area contributed by atoms with Gasteiger partial charge in [0.05, 0.1) is 13.7 Å². The van der Waals surface area contributed by atoms with E-state index in [9.17, 15) is 9.59 Å². The Hall–Kier alpha value is -1.43. The van der Waals surface area contributed by atoms with Crippen molar-refractivity contribution in [3.63, 3.8) is 0 Å². The van der Waals surface area contributed by atoms with Crippen molar-refractivity contribution >= 4 is 18.1 Å². The van der Waals surface area contributed by atoms with Crippen LogP contribution in [0.3, 0.4) is 0 Å². The molecular formula is C12H19N3O3. The van der Waals surface area contributed by atoms with Crippen LogP contribution in [0.4, 0.5) is 0 Å². The maximum absolute atomic E-state index is 12.4. The Kier molecular flexibility index (Phi) is 3.96. The van der Waals surface area contributed by atoms with Gasteiger partial charge in [0, 0.05) is 18.7 Å². The third-order valence-corrected chi connectivity index (χ3v) is 3.67. The first-order valence-electron chi connectivity index (χ1n) is 6.24. The molecule has 1 N–H and O–H groups in total. The van der Waals surface area contributed by atoms with Crippen LogP contribution < -0.4 is 5.32 Å². The van der Waals surface area contributed by atoms with E-state index >= 15 is 0 Å². The number of amides is 1. The third kappa shape index (κ3) is 2.25. The number of fused-ring (bicyclic) bond motifs is 1. The van der Waals surface area contributed by atoms with Gasteiger partial charge >= 0.3 is 5.97 Å². The van der Waals surface area contributed by atoms with Crippen molar-refractivity contribution < 1.29 is 14.3 Å². The number of esters is 1. The van der Waals surface area contributed by atoms with Gasteiger partial charge in [-0.3, -0.25) is 9.79 Å². The molecule has 100 valence electrons. The molecule has 1 fully saturated rings. The molecule has 2 heterocycles. The van der Waals surface area contributed by atoms with Gasteiger partial charge in [0.15, 0.2) is 0 Å². The van der Waals surface area contributed by atoms with E-state index in [0.717, 1.165) is 12.8 Å². The number of carbonyl (C=O) groups is 2. The quantitative estimate of drug-likeness (QED) is 0.679. The molecule has 1 amide bonds. The Labute approximate surface area is 106 Å². The molecule has 0 spiro atoms. The monoisotopic (exact) mass is 253 g/mol. The largest absolute Gasteiger partial charge is 0.467 e. The summed E-state index contributed by atoms with van der Waals surface area (Å²) in [5.41, 5.74) is 0. The minimum absolute atomic E-state index is 0.0488. The van der Waals surface area contributed by atoms with E-state index < -0.39 is 6.04 Å². The first-order chi connectivity index (χ1) is 8.69. The minimum Gasteiger partial charge on any atom is -0.467 e. The highest BCUT2D eigenvalue weighted by molar-refractivity contribution is 5.89. The lowest BCUT2D eigenvalue weighted by atomic mass is 10.1. The number of hydrogen-bond acceptors (Lipinski definition) is 5. The van der Waals surface area contributed by atoms with Crippen molar-refractivity contribution in [2.24, 2.45) is 4.99 Å². The first-order valence-corrected chi connectivity index (χ1v) is 6.24. The molecule has 6 nitrogen and oxygen atoms in total. The third-order valence-electron chi connectivity index (χ3n) is 3.67. The molecule has 6 heteroatoms. The molecule has 2 aliphatic heterocycles. The molecule has 0 aromatic rings. The Balaban J connectivity index is 2.24. The van der Waals surface area contributed by atoms with Crippen LogP contribution in [0, 0.1) is 0 Å². The number of nitrogens with one attached hydrogen (secondary N) is 1. The van der Waals surface area contributed by atoms with Gasteiger partial charge in [-0.15, -0.1) is 0 Å². The topological polar surface area (TPSA) is 71.0 Å². The number of methoxy groups -OCH3 is 1. The van der Waals surface area contributed by atoms with Crippen LogP contribution in [0.1, 0.15) is 19.3 Å². The lowest BCUT2D eigenvalue weighted by Crippen LogP contribution is -2.54. The molecule has 0 aromatic carbocycles. The minimum atomic E-state index is -0.435. The highest BCUT2D eigenvalue weighted by Gasteiger charge is 2.43. The number of likely N-dealkylation sites (N-methyl/N-ethyl adjacent to an activating group) is 1. The Morgan fingerprint density at radius 1 is 1.56 bits per heavy atom. The van der Waals surface area contributed by atoms with Crippen molar-refractivity contribution in [3.8, 4) is 0 Å². The number of ether oxygens (including phenoxy) is 1. The van der Waals surface area contributed by atoms with Gasteiger partial charge in [-0.1, -0.05) is 0 Å². The van der Waals surface area contributed by atoms with Crippen molar-refractivity contribution in [1.29, 1.82) is 0 Å². The standard InChI is InChI=1S/C12H19N3O3/c1-13-9-7-14-6-5-8-3-4-10(12(17)18-2)15(8)11(9)16/h6,8-10,13H,3-5,7H2,1-2H3/t8-,9+,10+/m1/s1. The molecule has 0 unspecified atom stereocenters. The Bertz CT molecular complexity index is 370. The number of carbonyl (C=O) groups excluding carboxylic acids is 2. The summed E-state index contributed by atoms with van der Waals surface area (Å²) in [6.07, 6.45) is 4.07. The summed E-state index contributed by atoms with van der Waals surface area (Å²) in [6.45, 7) is 0.423. The average Bonchev–Trinajstić information content (AvgIpc) is 2.78. The van der Waals surface area contributed by atoms with Gasteiger partial charge in [-0.05, 0) is 19.9 Å². The van der Waals surface area contributed by atoms with Crippen LogP contribution in [0.15, 0.2) is 4.99 Å². The Morgan fingerprint density at radius 3 is 3.00 bits per heavy atom. The maximum atomic E-state index is 12.4. The molecule has 1 saturated heterocycles. The van der Waals surface area contributed by atoms with Crippen LogP contribution >= 0.6 is 0 Å². The van der Waals surface area contributed by atoms with Gasteiger partial charge in [-0.2, -0.15) is 0 Å². The smallest absolute Gasteiger partial charge is 0.328 e. The number of hydrogen-bond donors (Lipinski definition) is 1. The molecule has 0 radical (unpaired) electrons. The van der Waals surface area contributed by atoms with Gasteiger partial charge in [-0.25, -0.2) is 4.79 Å². The number of aliphatic imine (C=N–C) groups is 1. The second kappa shape index (κ2) is 5.48. The number of nitrogens with zero attached hydrogens (tertiary/aromatic N) is 2. The predicted octanol–water partition coefficient (Wildman–Crippen LogP) is -0.418. The molecule has 0 aliphatic carbocycles. The van der Waals surface area contributed by atoms with Crippen molar-refractivity contribution in [2.45, 2.75) is 37.4 Å². The molecule has 18 heavy (non-hydrogen) atoms. The van der Waals surface area contributed by atoms with E-state index in [1.54, 1.807) is 11.9 Å². The van der Waals surface area contributed by atoms with E-state index in [2.05, 4.69) is 10.3 Å². The van der Waals surface area contributed by atoms with Gasteiger partial charge < -0.3 is 15.0 Å². The summed E-state index contributed by atoms with van der Waals surface area (Å²) in [4.78, 5) is 30.1. The summed E-state index contributed by atoms with van der Waals surface area (Å²) in [5, 5.41) is 2.95. The summed E-state index contributed by atoms with van der Waals surface area (Å²) in [7, 11) is 3.10. The van der Waals surface area contributed by atoms with Crippen LogP contribution in [-0.2, 0) is 14.3 Å². The fourth-order valence-electron chi connectivity index (χ4n) is 2.66. The van der Waals surface area contributed by atoms with E-state index in [0.29, 0.717) is 13.0 Å². The molecule has 3 atom stereocenters. The molecule has 2 rings (SSSR count). The van der Waals surface area contributed by atoms with Gasteiger partial charge in [0.25, 0.3) is 0 Å². The summed E-state index contributed by atoms with van der Waals surface area (Å²) in [5.74, 6) is -0.370. The SMILES string of the molecule is CN[C@H]1CN=CC[C@H]2CC[C@@H](C(=O)OC)N2C1=O. The summed E-state index contributed by atoms with van der Waals surface area (Å²) in [6, 6.07) is -0.717. The molecular weight excluding hydrogens is 234 g/mol. The molecule has 0 saturated carbocycles. The highest BCUT2D eigenvalue weighted by Crippen LogP contribution is 2.28. The fourth-order valence-corrected chi connectivity index (χ4v) is 2.66. The highest BCUT2D eigenvalue weighted by atomic mass is 16.5. The summed E-state index contributed by atoms with van der Waals surface area (Å²) >= 11 is 0. The van der Waals surface area contributed by atoms with E-state index in [1.807, 2.05) is 6.21 Å². The normalized spacial score (nSPS) is 31.8.